The molecule has 0 N–H and O–H groups in total. The van der Waals surface area contributed by atoms with Gasteiger partial charge in [0.05, 0.1) is 20.3 Å². The van der Waals surface area contributed by atoms with Crippen LogP contribution in [0.5, 0.6) is 11.5 Å². The van der Waals surface area contributed by atoms with Crippen LogP contribution in [-0.4, -0.2) is 31.6 Å². The molecule has 0 aliphatic carbocycles. The molecule has 1 heterocycles. The fraction of sp³-hybridized carbons (Fsp3) is 0.611. The van der Waals surface area contributed by atoms with Crippen molar-refractivity contribution in [3.63, 3.8) is 0 Å². The number of ether oxygens (including phenoxy) is 2. The molecule has 0 aromatic heterocycles. The van der Waals surface area contributed by atoms with Gasteiger partial charge in [-0.15, -0.1) is 0 Å². The van der Waals surface area contributed by atoms with E-state index in [-0.39, 0.29) is 17.4 Å². The molecular weight excluding hydrogens is 278 g/mol. The third kappa shape index (κ3) is 3.37. The fourth-order valence-corrected chi connectivity index (χ4v) is 3.04. The molecule has 122 valence electrons. The van der Waals surface area contributed by atoms with Crippen molar-refractivity contribution in [3.8, 4) is 11.5 Å². The van der Waals surface area contributed by atoms with Crippen molar-refractivity contribution in [2.45, 2.75) is 46.6 Å². The van der Waals surface area contributed by atoms with Crippen molar-refractivity contribution in [2.75, 3.05) is 20.8 Å². The predicted octanol–water partition coefficient (Wildman–Crippen LogP) is 3.59. The summed E-state index contributed by atoms with van der Waals surface area (Å²) in [5.74, 6) is 1.70. The molecule has 1 aliphatic heterocycles. The van der Waals surface area contributed by atoms with Crippen LogP contribution in [0.3, 0.4) is 0 Å². The lowest BCUT2D eigenvalue weighted by Crippen LogP contribution is -2.40. The Kier molecular flexibility index (Phi) is 4.69. The van der Waals surface area contributed by atoms with E-state index in [1.165, 1.54) is 5.56 Å². The van der Waals surface area contributed by atoms with Crippen LogP contribution >= 0.6 is 0 Å². The summed E-state index contributed by atoms with van der Waals surface area (Å²) in [7, 11) is 3.29. The molecule has 1 amide bonds. The Morgan fingerprint density at radius 1 is 1.23 bits per heavy atom. The molecule has 1 aromatic carbocycles. The van der Waals surface area contributed by atoms with Gasteiger partial charge in [-0.2, -0.15) is 0 Å². The second kappa shape index (κ2) is 6.19. The zero-order valence-electron chi connectivity index (χ0n) is 14.5. The molecule has 2 rings (SSSR count). The lowest BCUT2D eigenvalue weighted by Gasteiger charge is -2.37. The van der Waals surface area contributed by atoms with Crippen molar-refractivity contribution >= 4 is 5.91 Å². The number of hydrogen-bond donors (Lipinski definition) is 0. The van der Waals surface area contributed by atoms with E-state index in [0.717, 1.165) is 30.0 Å². The Morgan fingerprint density at radius 3 is 2.36 bits per heavy atom. The van der Waals surface area contributed by atoms with Crippen molar-refractivity contribution in [3.05, 3.63) is 23.3 Å². The maximum absolute atomic E-state index is 12.6. The third-order valence-corrected chi connectivity index (χ3v) is 4.19. The zero-order valence-corrected chi connectivity index (χ0v) is 14.5. The zero-order chi connectivity index (χ0) is 16.5. The van der Waals surface area contributed by atoms with E-state index in [4.69, 9.17) is 9.47 Å². The molecule has 0 saturated heterocycles. The number of carbonyl (C=O) groups is 1. The summed E-state index contributed by atoms with van der Waals surface area (Å²) in [6, 6.07) is 4.12. The minimum Gasteiger partial charge on any atom is -0.493 e. The Morgan fingerprint density at radius 2 is 1.82 bits per heavy atom. The Bertz CT molecular complexity index is 560. The van der Waals surface area contributed by atoms with Gasteiger partial charge in [-0.05, 0) is 42.0 Å². The van der Waals surface area contributed by atoms with E-state index >= 15 is 0 Å². The number of nitrogens with zero attached hydrogens (tertiary/aromatic N) is 1. The number of amides is 1. The molecule has 4 heteroatoms. The van der Waals surface area contributed by atoms with Crippen molar-refractivity contribution in [1.82, 2.24) is 4.90 Å². The molecule has 0 saturated carbocycles. The van der Waals surface area contributed by atoms with E-state index in [1.54, 1.807) is 14.2 Å². The Hall–Kier alpha value is -1.71. The molecule has 22 heavy (non-hydrogen) atoms. The van der Waals surface area contributed by atoms with Gasteiger partial charge in [-0.1, -0.05) is 20.8 Å². The summed E-state index contributed by atoms with van der Waals surface area (Å²) in [4.78, 5) is 14.6. The van der Waals surface area contributed by atoms with Gasteiger partial charge in [0.2, 0.25) is 5.91 Å². The normalized spacial score (nSPS) is 17.9. The third-order valence-electron chi connectivity index (χ3n) is 4.19. The Labute approximate surface area is 133 Å². The van der Waals surface area contributed by atoms with E-state index in [9.17, 15) is 4.79 Å². The highest BCUT2D eigenvalue weighted by Crippen LogP contribution is 2.38. The van der Waals surface area contributed by atoms with E-state index < -0.39 is 0 Å². The number of hydrogen-bond acceptors (Lipinski definition) is 3. The summed E-state index contributed by atoms with van der Waals surface area (Å²) in [5.41, 5.74) is 2.41. The van der Waals surface area contributed by atoms with Crippen LogP contribution in [0.1, 0.15) is 51.3 Å². The van der Waals surface area contributed by atoms with Gasteiger partial charge >= 0.3 is 0 Å². The average Bonchev–Trinajstić information content (AvgIpc) is 2.44. The summed E-state index contributed by atoms with van der Waals surface area (Å²) >= 11 is 0. The first kappa shape index (κ1) is 16.7. The molecule has 1 aliphatic rings. The lowest BCUT2D eigenvalue weighted by atomic mass is 9.88. The van der Waals surface area contributed by atoms with E-state index in [1.807, 2.05) is 17.0 Å². The minimum atomic E-state index is 0.00861. The summed E-state index contributed by atoms with van der Waals surface area (Å²) in [6.45, 7) is 9.15. The first-order valence-electron chi connectivity index (χ1n) is 7.81. The van der Waals surface area contributed by atoms with Gasteiger partial charge < -0.3 is 14.4 Å². The lowest BCUT2D eigenvalue weighted by molar-refractivity contribution is -0.135. The smallest absolute Gasteiger partial charge is 0.223 e. The minimum absolute atomic E-state index is 0.00861. The second-order valence-corrected chi connectivity index (χ2v) is 7.16. The molecule has 1 unspecified atom stereocenters. The fourth-order valence-electron chi connectivity index (χ4n) is 3.04. The largest absolute Gasteiger partial charge is 0.493 e. The van der Waals surface area contributed by atoms with E-state index in [0.29, 0.717) is 6.42 Å². The highest BCUT2D eigenvalue weighted by atomic mass is 16.5. The monoisotopic (exact) mass is 305 g/mol. The van der Waals surface area contributed by atoms with Gasteiger partial charge in [-0.25, -0.2) is 0 Å². The van der Waals surface area contributed by atoms with Crippen LogP contribution < -0.4 is 9.47 Å². The van der Waals surface area contributed by atoms with Crippen LogP contribution in [0.4, 0.5) is 0 Å². The van der Waals surface area contributed by atoms with Crippen molar-refractivity contribution in [2.24, 2.45) is 5.41 Å². The maximum Gasteiger partial charge on any atom is 0.223 e. The molecule has 1 atom stereocenters. The van der Waals surface area contributed by atoms with Crippen LogP contribution in [0.15, 0.2) is 12.1 Å². The number of fused-ring (bicyclic) bond motifs is 1. The number of benzene rings is 1. The summed E-state index contributed by atoms with van der Waals surface area (Å²) in [5, 5.41) is 0. The van der Waals surface area contributed by atoms with Crippen molar-refractivity contribution < 1.29 is 14.3 Å². The van der Waals surface area contributed by atoms with Gasteiger partial charge in [0, 0.05) is 13.0 Å². The SMILES string of the molecule is COc1cc2c(cc1OC)C(C)N(C(=O)CC(C)(C)C)CC2. The topological polar surface area (TPSA) is 38.8 Å². The van der Waals surface area contributed by atoms with Crippen LogP contribution in [0.2, 0.25) is 0 Å². The molecule has 4 nitrogen and oxygen atoms in total. The maximum atomic E-state index is 12.6. The van der Waals surface area contributed by atoms with Gasteiger partial charge in [-0.3, -0.25) is 4.79 Å². The molecule has 0 fully saturated rings. The average molecular weight is 305 g/mol. The van der Waals surface area contributed by atoms with Gasteiger partial charge in [0.1, 0.15) is 0 Å². The standard InChI is InChI=1S/C18H27NO3/c1-12-14-10-16(22-6)15(21-5)9-13(14)7-8-19(12)17(20)11-18(2,3)4/h9-10,12H,7-8,11H2,1-6H3. The van der Waals surface area contributed by atoms with Gasteiger partial charge in [0.25, 0.3) is 0 Å². The quantitative estimate of drug-likeness (QED) is 0.856. The molecule has 0 bridgehead atoms. The molecule has 0 radical (unpaired) electrons. The highest BCUT2D eigenvalue weighted by molar-refractivity contribution is 5.78. The van der Waals surface area contributed by atoms with Crippen LogP contribution in [-0.2, 0) is 11.2 Å². The van der Waals surface area contributed by atoms with Crippen LogP contribution in [0.25, 0.3) is 0 Å². The van der Waals surface area contributed by atoms with E-state index in [2.05, 4.69) is 27.7 Å². The van der Waals surface area contributed by atoms with Gasteiger partial charge in [0.15, 0.2) is 11.5 Å². The van der Waals surface area contributed by atoms with Crippen molar-refractivity contribution in [1.29, 1.82) is 0 Å². The summed E-state index contributed by atoms with van der Waals surface area (Å²) in [6.07, 6.45) is 1.43. The second-order valence-electron chi connectivity index (χ2n) is 7.16. The number of carbonyl (C=O) groups excluding carboxylic acids is 1. The molecule has 1 aromatic rings. The number of rotatable bonds is 3. The highest BCUT2D eigenvalue weighted by Gasteiger charge is 2.30. The predicted molar refractivity (Wildman–Crippen MR) is 87.5 cm³/mol. The van der Waals surface area contributed by atoms with Crippen LogP contribution in [0, 0.1) is 5.41 Å². The first-order valence-corrected chi connectivity index (χ1v) is 7.81. The first-order chi connectivity index (χ1) is 10.3. The Balaban J connectivity index is 2.29. The number of methoxy groups -OCH3 is 2. The molecular formula is C18H27NO3. The molecule has 0 spiro atoms. The summed E-state index contributed by atoms with van der Waals surface area (Å²) < 4.78 is 10.8.